The molecule has 4 N–H and O–H groups in total. The smallest absolute Gasteiger partial charge is 0.438 e. The second kappa shape index (κ2) is 17.6. The molecule has 7 rings (SSSR count). The number of phosphoric ester groups is 2. The molecule has 24 nitrogen and oxygen atoms in total. The second-order valence-corrected chi connectivity index (χ2v) is 17.7. The molecule has 0 bridgehead atoms. The van der Waals surface area contributed by atoms with Crippen molar-refractivity contribution < 1.29 is 69.2 Å². The number of halogens is 1. The summed E-state index contributed by atoms with van der Waals surface area (Å²) in [6.45, 7) is 3.71. The van der Waals surface area contributed by atoms with Crippen molar-refractivity contribution in [2.24, 2.45) is 11.8 Å². The summed E-state index contributed by atoms with van der Waals surface area (Å²) in [5.74, 6) is -1.60. The molecule has 9 atom stereocenters. The van der Waals surface area contributed by atoms with Crippen molar-refractivity contribution in [3.63, 3.8) is 0 Å². The van der Waals surface area contributed by atoms with E-state index in [-0.39, 0.29) is 59.1 Å². The number of anilines is 2. The van der Waals surface area contributed by atoms with E-state index in [0.29, 0.717) is 0 Å². The van der Waals surface area contributed by atoms with E-state index in [1.54, 1.807) is 13.8 Å². The van der Waals surface area contributed by atoms with Gasteiger partial charge in [0.2, 0.25) is 13.6 Å². The van der Waals surface area contributed by atoms with E-state index in [0.717, 1.165) is 0 Å². The van der Waals surface area contributed by atoms with Gasteiger partial charge in [-0.15, -0.1) is 0 Å². The number of esters is 1. The van der Waals surface area contributed by atoms with Crippen molar-refractivity contribution in [3.05, 3.63) is 25.3 Å². The van der Waals surface area contributed by atoms with E-state index >= 15 is 4.39 Å². The molecule has 3 fully saturated rings. The molecule has 0 spiro atoms. The van der Waals surface area contributed by atoms with Gasteiger partial charge in [0.1, 0.15) is 54.4 Å². The number of ether oxygens (including phenoxy) is 4. The molecule has 1 saturated carbocycles. The number of phosphoric acid groups is 2. The molecule has 0 amide bonds. The third kappa shape index (κ3) is 9.63. The summed E-state index contributed by atoms with van der Waals surface area (Å²) in [5, 5.41) is 0. The zero-order valence-corrected chi connectivity index (χ0v) is 34.0. The first-order chi connectivity index (χ1) is 28.1. The summed E-state index contributed by atoms with van der Waals surface area (Å²) in [5.41, 5.74) is 12.9. The fraction of sp³-hybridized carbons (Fsp3) is 0.625. The van der Waals surface area contributed by atoms with Gasteiger partial charge in [-0.3, -0.25) is 27.5 Å². The molecule has 0 aromatic carbocycles. The van der Waals surface area contributed by atoms with Crippen molar-refractivity contribution in [1.29, 1.82) is 0 Å². The number of nitrogen functional groups attached to an aromatic ring is 2. The van der Waals surface area contributed by atoms with Gasteiger partial charge in [0, 0.05) is 18.8 Å². The van der Waals surface area contributed by atoms with E-state index in [1.807, 2.05) is 13.8 Å². The highest BCUT2D eigenvalue weighted by Gasteiger charge is 2.53. The van der Waals surface area contributed by atoms with Gasteiger partial charge in [-0.25, -0.2) is 57.3 Å². The Hall–Kier alpha value is -4.45. The molecule has 4 aromatic rings. The van der Waals surface area contributed by atoms with Crippen LogP contribution in [-0.2, 0) is 60.0 Å². The molecule has 6 heterocycles. The summed E-state index contributed by atoms with van der Waals surface area (Å²) in [7, 11) is -9.66. The Morgan fingerprint density at radius 1 is 0.831 bits per heavy atom. The predicted octanol–water partition coefficient (Wildman–Crippen LogP) is 4.15. The van der Waals surface area contributed by atoms with Crippen molar-refractivity contribution in [1.82, 2.24) is 39.0 Å². The number of hydrogen-bond acceptors (Lipinski definition) is 22. The number of alkyl halides is 1. The first-order valence-electron chi connectivity index (χ1n) is 18.4. The molecule has 4 aromatic heterocycles. The Morgan fingerprint density at radius 3 is 2.10 bits per heavy atom. The molecule has 3 aliphatic rings. The molecule has 2 aliphatic heterocycles. The van der Waals surface area contributed by atoms with E-state index in [2.05, 4.69) is 29.9 Å². The number of carbonyl (C=O) groups is 2. The highest BCUT2D eigenvalue weighted by atomic mass is 31.2. The Bertz CT molecular complexity index is 2250. The average molecular weight is 873 g/mol. The number of nitrogens with two attached hydrogens (primary N) is 2. The quantitative estimate of drug-likeness (QED) is 0.121. The molecule has 322 valence electrons. The lowest BCUT2D eigenvalue weighted by atomic mass is 10.1. The Kier molecular flexibility index (Phi) is 12.8. The first kappa shape index (κ1) is 42.7. The largest absolute Gasteiger partial charge is 0.510 e. The molecular formula is C32H43FN10O14P2. The first-order valence-corrected chi connectivity index (χ1v) is 21.3. The highest BCUT2D eigenvalue weighted by Crippen LogP contribution is 2.59. The third-order valence-corrected chi connectivity index (χ3v) is 12.2. The van der Waals surface area contributed by atoms with Crippen molar-refractivity contribution in [2.75, 3.05) is 38.3 Å². The SMILES string of the molecule is CC(C)CC(=O)OCOP1(=O)OC[C@H]2C[C@@H](n3cnc4c(N)ncnc43)[C@@H](F)[C@H]2OP(=O)(OCOC(=O)OC(C)C)OC[C@H]2O[C@@H](n3cnc4c(N)ncnc43)C[C@H]2O1. The minimum atomic E-state index is -4.92. The molecule has 59 heavy (non-hydrogen) atoms. The van der Waals surface area contributed by atoms with Crippen LogP contribution in [0.4, 0.5) is 20.8 Å². The molecule has 27 heteroatoms. The number of aromatic nitrogens is 8. The number of fused-ring (bicyclic) bond motifs is 4. The Balaban J connectivity index is 1.21. The fourth-order valence-electron chi connectivity index (χ4n) is 6.73. The minimum Gasteiger partial charge on any atom is -0.438 e. The highest BCUT2D eigenvalue weighted by molar-refractivity contribution is 7.48. The van der Waals surface area contributed by atoms with Gasteiger partial charge in [0.25, 0.3) is 0 Å². The summed E-state index contributed by atoms with van der Waals surface area (Å²) in [6.07, 6.45) is -3.82. The maximum Gasteiger partial charge on any atom is 0.510 e. The van der Waals surface area contributed by atoms with Crippen LogP contribution in [0.1, 0.15) is 59.2 Å². The van der Waals surface area contributed by atoms with Gasteiger partial charge < -0.3 is 35.0 Å². The van der Waals surface area contributed by atoms with Crippen molar-refractivity contribution >= 4 is 61.7 Å². The average Bonchev–Trinajstić information content (AvgIpc) is 3.95. The van der Waals surface area contributed by atoms with Crippen LogP contribution in [0.3, 0.4) is 0 Å². The van der Waals surface area contributed by atoms with E-state index in [1.165, 1.54) is 34.4 Å². The summed E-state index contributed by atoms with van der Waals surface area (Å²) in [4.78, 5) is 49.4. The normalized spacial score (nSPS) is 30.2. The molecule has 1 aliphatic carbocycles. The van der Waals surface area contributed by atoms with Crippen LogP contribution in [0, 0.1) is 11.8 Å². The maximum atomic E-state index is 16.9. The zero-order chi connectivity index (χ0) is 42.1. The summed E-state index contributed by atoms with van der Waals surface area (Å²) in [6, 6.07) is -1.10. The van der Waals surface area contributed by atoms with Crippen LogP contribution in [0.25, 0.3) is 22.3 Å². The van der Waals surface area contributed by atoms with Gasteiger partial charge in [0.05, 0.1) is 38.0 Å². The fourth-order valence-corrected chi connectivity index (χ4v) is 9.33. The Morgan fingerprint density at radius 2 is 1.44 bits per heavy atom. The number of hydrogen-bond donors (Lipinski definition) is 2. The number of nitrogens with zero attached hydrogens (tertiary/aromatic N) is 8. The van der Waals surface area contributed by atoms with Crippen LogP contribution >= 0.6 is 15.6 Å². The minimum absolute atomic E-state index is 0.0441. The molecule has 2 unspecified atom stereocenters. The predicted molar refractivity (Wildman–Crippen MR) is 197 cm³/mol. The monoisotopic (exact) mass is 872 g/mol. The van der Waals surface area contributed by atoms with E-state index < -0.39 is 103 Å². The maximum absolute atomic E-state index is 16.9. The standard InChI is InChI=1S/C32H43FN10O14P2/c1-16(2)5-23(44)48-14-52-58(46)50-8-18-6-19(42-12-40-25-28(34)36-10-38-30(25)42)24(33)27(18)57-59(47,53-15-49-32(45)54-17(3)4)51-9-21-20(56-58)7-22(55-21)43-13-41-26-29(35)37-11-39-31(26)43/h10-13,16-22,24,27H,5-9,14-15H2,1-4H3,(H2,34,36,38)(H2,35,37,39)/t18-,19-,20-,21-,22-,24-,27+,58?,59?/m1/s1. The van der Waals surface area contributed by atoms with Crippen LogP contribution in [0.2, 0.25) is 0 Å². The van der Waals surface area contributed by atoms with Crippen LogP contribution in [0.15, 0.2) is 25.3 Å². The Labute approximate surface area is 334 Å². The van der Waals surface area contributed by atoms with Gasteiger partial charge in [-0.2, -0.15) is 0 Å². The lowest BCUT2D eigenvalue weighted by molar-refractivity contribution is -0.152. The number of rotatable bonds is 11. The van der Waals surface area contributed by atoms with Gasteiger partial charge >= 0.3 is 27.8 Å². The molecule has 2 saturated heterocycles. The van der Waals surface area contributed by atoms with Crippen molar-refractivity contribution in [3.8, 4) is 0 Å². The van der Waals surface area contributed by atoms with E-state index in [4.69, 9.17) is 57.6 Å². The molecular weight excluding hydrogens is 829 g/mol. The number of imidazole rings is 2. The third-order valence-electron chi connectivity index (χ3n) is 9.40. The van der Waals surface area contributed by atoms with Crippen molar-refractivity contribution in [2.45, 2.75) is 89.8 Å². The molecule has 0 radical (unpaired) electrons. The second-order valence-electron chi connectivity index (χ2n) is 14.4. The lowest BCUT2D eigenvalue weighted by Crippen LogP contribution is -2.34. The van der Waals surface area contributed by atoms with Crippen LogP contribution in [-0.4, -0.2) is 109 Å². The van der Waals surface area contributed by atoms with Crippen LogP contribution < -0.4 is 11.5 Å². The summed E-state index contributed by atoms with van der Waals surface area (Å²) >= 11 is 0. The van der Waals surface area contributed by atoms with Gasteiger partial charge in [-0.05, 0) is 26.2 Å². The van der Waals surface area contributed by atoms with Gasteiger partial charge in [-0.1, -0.05) is 13.8 Å². The topological polar surface area (TPSA) is 300 Å². The van der Waals surface area contributed by atoms with Crippen LogP contribution in [0.5, 0.6) is 0 Å². The zero-order valence-electron chi connectivity index (χ0n) is 32.2. The summed E-state index contributed by atoms with van der Waals surface area (Å²) < 4.78 is 105. The van der Waals surface area contributed by atoms with Gasteiger partial charge in [0.15, 0.2) is 22.9 Å². The van der Waals surface area contributed by atoms with E-state index in [9.17, 15) is 18.7 Å². The number of carbonyl (C=O) groups excluding carboxylic acids is 2. The lowest BCUT2D eigenvalue weighted by Gasteiger charge is -2.30.